The molecule has 0 N–H and O–H groups in total. The molecule has 2 heteroatoms. The van der Waals surface area contributed by atoms with Crippen molar-refractivity contribution in [2.75, 3.05) is 27.2 Å². The highest BCUT2D eigenvalue weighted by atomic mass is 15.2. The summed E-state index contributed by atoms with van der Waals surface area (Å²) in [4.78, 5) is 4.97. The second-order valence-corrected chi connectivity index (χ2v) is 6.74. The monoisotopic (exact) mass is 282 g/mol. The minimum atomic E-state index is 0.923. The molecule has 0 atom stereocenters. The van der Waals surface area contributed by atoms with Crippen LogP contribution in [0.2, 0.25) is 0 Å². The van der Waals surface area contributed by atoms with Gasteiger partial charge in [-0.2, -0.15) is 0 Å². The fourth-order valence-corrected chi connectivity index (χ4v) is 3.50. The van der Waals surface area contributed by atoms with E-state index < -0.39 is 0 Å². The van der Waals surface area contributed by atoms with Crippen molar-refractivity contribution >= 4 is 0 Å². The Bertz CT molecular complexity index is 195. The molecular formula is C18H38N2. The Morgan fingerprint density at radius 1 is 0.650 bits per heavy atom. The molecule has 0 unspecified atom stereocenters. The zero-order chi connectivity index (χ0) is 14.8. The second-order valence-electron chi connectivity index (χ2n) is 6.74. The van der Waals surface area contributed by atoms with Gasteiger partial charge >= 0.3 is 0 Å². The van der Waals surface area contributed by atoms with Gasteiger partial charge in [0.25, 0.3) is 0 Å². The molecule has 0 amide bonds. The predicted molar refractivity (Wildman–Crippen MR) is 90.4 cm³/mol. The van der Waals surface area contributed by atoms with Crippen LogP contribution in [-0.2, 0) is 0 Å². The maximum absolute atomic E-state index is 2.72. The van der Waals surface area contributed by atoms with Crippen LogP contribution in [0.3, 0.4) is 0 Å². The van der Waals surface area contributed by atoms with Crippen LogP contribution >= 0.6 is 0 Å². The van der Waals surface area contributed by atoms with E-state index in [2.05, 4.69) is 37.7 Å². The lowest BCUT2D eigenvalue weighted by Crippen LogP contribution is -2.42. The molecule has 0 radical (unpaired) electrons. The lowest BCUT2D eigenvalue weighted by atomic mass is 9.89. The summed E-state index contributed by atoms with van der Waals surface area (Å²) in [5.74, 6) is 0. The van der Waals surface area contributed by atoms with Crippen LogP contribution < -0.4 is 0 Å². The fraction of sp³-hybridized carbons (Fsp3) is 1.00. The van der Waals surface area contributed by atoms with Crippen molar-refractivity contribution in [3.63, 3.8) is 0 Å². The van der Waals surface area contributed by atoms with Gasteiger partial charge in [-0.1, -0.05) is 52.4 Å². The van der Waals surface area contributed by atoms with Crippen molar-refractivity contribution in [1.29, 1.82) is 0 Å². The Labute approximate surface area is 127 Å². The summed E-state index contributed by atoms with van der Waals surface area (Å²) < 4.78 is 0. The van der Waals surface area contributed by atoms with Gasteiger partial charge in [0, 0.05) is 12.1 Å². The summed E-state index contributed by atoms with van der Waals surface area (Å²) in [6.45, 7) is 6.64. The Balaban J connectivity index is 0.000000286. The summed E-state index contributed by atoms with van der Waals surface area (Å²) >= 11 is 0. The van der Waals surface area contributed by atoms with Gasteiger partial charge in [0.05, 0.1) is 0 Å². The fourth-order valence-electron chi connectivity index (χ4n) is 3.50. The molecule has 0 aromatic carbocycles. The Kier molecular flexibility index (Phi) is 9.54. The van der Waals surface area contributed by atoms with E-state index in [9.17, 15) is 0 Å². The molecule has 20 heavy (non-hydrogen) atoms. The van der Waals surface area contributed by atoms with Crippen molar-refractivity contribution in [3.8, 4) is 0 Å². The van der Waals surface area contributed by atoms with Gasteiger partial charge in [-0.05, 0) is 52.9 Å². The van der Waals surface area contributed by atoms with E-state index in [1.807, 2.05) is 0 Å². The maximum atomic E-state index is 2.72. The lowest BCUT2D eigenvalue weighted by Gasteiger charge is -2.39. The molecule has 2 saturated carbocycles. The summed E-state index contributed by atoms with van der Waals surface area (Å²) in [6, 6.07) is 1.85. The van der Waals surface area contributed by atoms with E-state index in [4.69, 9.17) is 0 Å². The quantitative estimate of drug-likeness (QED) is 0.747. The van der Waals surface area contributed by atoms with Gasteiger partial charge in [-0.15, -0.1) is 0 Å². The first kappa shape index (κ1) is 18.0. The summed E-state index contributed by atoms with van der Waals surface area (Å²) in [6.07, 6.45) is 14.7. The molecule has 0 heterocycles. The summed E-state index contributed by atoms with van der Waals surface area (Å²) in [5, 5.41) is 0. The number of hydrogen-bond donors (Lipinski definition) is 0. The molecule has 0 aromatic heterocycles. The van der Waals surface area contributed by atoms with Crippen LogP contribution in [0.25, 0.3) is 0 Å². The highest BCUT2D eigenvalue weighted by Crippen LogP contribution is 2.28. The Hall–Kier alpha value is -0.0800. The normalized spacial score (nSPS) is 21.9. The van der Waals surface area contributed by atoms with E-state index in [0.29, 0.717) is 0 Å². The van der Waals surface area contributed by atoms with E-state index in [0.717, 1.165) is 25.2 Å². The van der Waals surface area contributed by atoms with Crippen molar-refractivity contribution in [2.45, 2.75) is 90.1 Å². The maximum Gasteiger partial charge on any atom is 0.00951 e. The molecule has 120 valence electrons. The average molecular weight is 283 g/mol. The van der Waals surface area contributed by atoms with Gasteiger partial charge in [0.15, 0.2) is 0 Å². The van der Waals surface area contributed by atoms with Crippen molar-refractivity contribution in [1.82, 2.24) is 9.80 Å². The van der Waals surface area contributed by atoms with Crippen LogP contribution in [0.5, 0.6) is 0 Å². The first-order valence-corrected chi connectivity index (χ1v) is 9.09. The summed E-state index contributed by atoms with van der Waals surface area (Å²) in [5.41, 5.74) is 0. The second kappa shape index (κ2) is 10.6. The standard InChI is InChI=1S/C13H25N.C5H13N/c1-14(12-8-4-2-5-9-12)13-10-6-3-7-11-13;1-4-6(3)5-2/h12-13H,2-11H2,1H3;4-5H2,1-3H3. The van der Waals surface area contributed by atoms with E-state index in [1.165, 1.54) is 64.2 Å². The third-order valence-corrected chi connectivity index (χ3v) is 5.38. The van der Waals surface area contributed by atoms with Crippen molar-refractivity contribution < 1.29 is 0 Å². The average Bonchev–Trinajstić information content (AvgIpc) is 2.55. The number of hydrogen-bond acceptors (Lipinski definition) is 2. The Morgan fingerprint density at radius 2 is 1.00 bits per heavy atom. The van der Waals surface area contributed by atoms with Gasteiger partial charge < -0.3 is 9.80 Å². The summed E-state index contributed by atoms with van der Waals surface area (Å²) in [7, 11) is 4.49. The topological polar surface area (TPSA) is 6.48 Å². The molecule has 0 aliphatic heterocycles. The highest BCUT2D eigenvalue weighted by Gasteiger charge is 2.25. The molecule has 0 saturated heterocycles. The molecule has 2 fully saturated rings. The van der Waals surface area contributed by atoms with E-state index >= 15 is 0 Å². The van der Waals surface area contributed by atoms with Crippen LogP contribution in [0.15, 0.2) is 0 Å². The Morgan fingerprint density at radius 3 is 1.25 bits per heavy atom. The van der Waals surface area contributed by atoms with E-state index in [1.54, 1.807) is 0 Å². The van der Waals surface area contributed by atoms with Gasteiger partial charge in [0.1, 0.15) is 0 Å². The molecule has 2 rings (SSSR count). The SMILES string of the molecule is CCN(C)CC.CN(C1CCCCC1)C1CCCCC1. The molecule has 2 nitrogen and oxygen atoms in total. The van der Waals surface area contributed by atoms with Gasteiger partial charge in [-0.25, -0.2) is 0 Å². The number of rotatable bonds is 4. The first-order chi connectivity index (χ1) is 9.69. The van der Waals surface area contributed by atoms with Crippen LogP contribution in [0.4, 0.5) is 0 Å². The van der Waals surface area contributed by atoms with Gasteiger partial charge in [0.2, 0.25) is 0 Å². The highest BCUT2D eigenvalue weighted by molar-refractivity contribution is 4.81. The molecule has 2 aliphatic rings. The molecule has 0 bridgehead atoms. The van der Waals surface area contributed by atoms with E-state index in [-0.39, 0.29) is 0 Å². The zero-order valence-corrected chi connectivity index (χ0v) is 14.5. The lowest BCUT2D eigenvalue weighted by molar-refractivity contribution is 0.111. The van der Waals surface area contributed by atoms with Gasteiger partial charge in [-0.3, -0.25) is 0 Å². The zero-order valence-electron chi connectivity index (χ0n) is 14.5. The largest absolute Gasteiger partial charge is 0.307 e. The van der Waals surface area contributed by atoms with Crippen molar-refractivity contribution in [2.24, 2.45) is 0 Å². The molecule has 2 aliphatic carbocycles. The van der Waals surface area contributed by atoms with Crippen LogP contribution in [0.1, 0.15) is 78.1 Å². The molecule has 0 aromatic rings. The van der Waals surface area contributed by atoms with Crippen LogP contribution in [0, 0.1) is 0 Å². The minimum Gasteiger partial charge on any atom is -0.307 e. The van der Waals surface area contributed by atoms with Crippen LogP contribution in [-0.4, -0.2) is 49.1 Å². The first-order valence-electron chi connectivity index (χ1n) is 9.09. The predicted octanol–water partition coefficient (Wildman–Crippen LogP) is 4.54. The number of nitrogens with zero attached hydrogens (tertiary/aromatic N) is 2. The minimum absolute atomic E-state index is 0.923. The van der Waals surface area contributed by atoms with Crippen molar-refractivity contribution in [3.05, 3.63) is 0 Å². The molecule has 0 spiro atoms. The molecular weight excluding hydrogens is 244 g/mol. The third-order valence-electron chi connectivity index (χ3n) is 5.38. The smallest absolute Gasteiger partial charge is 0.00951 e. The third kappa shape index (κ3) is 6.58.